The highest BCUT2D eigenvalue weighted by Gasteiger charge is 2.09. The summed E-state index contributed by atoms with van der Waals surface area (Å²) in [6.07, 6.45) is 3.31. The molecular weight excluding hydrogens is 200 g/mol. The molecule has 1 rings (SSSR count). The van der Waals surface area contributed by atoms with Crippen molar-refractivity contribution in [1.82, 2.24) is 0 Å². The van der Waals surface area contributed by atoms with Gasteiger partial charge in [-0.15, -0.1) is 0 Å². The highest BCUT2D eigenvalue weighted by molar-refractivity contribution is 6.20. The minimum Gasteiger partial charge on any atom is -0.381 e. The Bertz CT molecular complexity index is 352. The zero-order valence-corrected chi connectivity index (χ0v) is 9.90. The van der Waals surface area contributed by atoms with Crippen LogP contribution in [0.1, 0.15) is 25.3 Å². The Morgan fingerprint density at radius 2 is 2.00 bits per heavy atom. The van der Waals surface area contributed by atoms with Gasteiger partial charge in [-0.25, -0.2) is 0 Å². The summed E-state index contributed by atoms with van der Waals surface area (Å²) in [6.45, 7) is 2.48. The molecule has 0 saturated heterocycles. The number of ether oxygens (including phenoxy) is 1. The van der Waals surface area contributed by atoms with Crippen molar-refractivity contribution in [3.8, 4) is 0 Å². The van der Waals surface area contributed by atoms with Gasteiger partial charge >= 0.3 is 0 Å². The first kappa shape index (κ1) is 12.7. The van der Waals surface area contributed by atoms with Crippen molar-refractivity contribution in [3.63, 3.8) is 0 Å². The molecule has 0 aliphatic rings. The number of ketones is 1. The molecule has 0 amide bonds. The highest BCUT2D eigenvalue weighted by atomic mass is 16.5. The molecule has 16 heavy (non-hydrogen) atoms. The van der Waals surface area contributed by atoms with Crippen LogP contribution in [0, 0.1) is 0 Å². The van der Waals surface area contributed by atoms with E-state index >= 15 is 0 Å². The molecule has 0 atom stereocenters. The molecule has 1 aromatic carbocycles. The lowest BCUT2D eigenvalue weighted by Crippen LogP contribution is -2.02. The Hall–Kier alpha value is -1.41. The van der Waals surface area contributed by atoms with E-state index in [0.717, 1.165) is 17.6 Å². The molecule has 0 fully saturated rings. The van der Waals surface area contributed by atoms with Gasteiger partial charge in [0.25, 0.3) is 0 Å². The predicted molar refractivity (Wildman–Crippen MR) is 66.2 cm³/mol. The minimum absolute atomic E-state index is 0.186. The molecule has 2 heteroatoms. The topological polar surface area (TPSA) is 26.3 Å². The number of hydrogen-bond donors (Lipinski definition) is 0. The van der Waals surface area contributed by atoms with Crippen molar-refractivity contribution in [2.24, 2.45) is 0 Å². The summed E-state index contributed by atoms with van der Waals surface area (Å²) in [5.74, 6) is 0.186. The average molecular weight is 218 g/mol. The van der Waals surface area contributed by atoms with Crippen LogP contribution in [-0.2, 0) is 9.53 Å². The van der Waals surface area contributed by atoms with Gasteiger partial charge in [0.2, 0.25) is 0 Å². The van der Waals surface area contributed by atoms with Gasteiger partial charge in [-0.05, 0) is 18.1 Å². The average Bonchev–Trinajstić information content (AvgIpc) is 2.31. The fourth-order valence-electron chi connectivity index (χ4n) is 1.54. The van der Waals surface area contributed by atoms with Crippen LogP contribution in [0.2, 0.25) is 0 Å². The zero-order valence-electron chi connectivity index (χ0n) is 9.90. The van der Waals surface area contributed by atoms with Crippen LogP contribution in [0.25, 0.3) is 5.57 Å². The lowest BCUT2D eigenvalue weighted by Gasteiger charge is -2.06. The number of allylic oxidation sites excluding steroid dienone is 1. The second kappa shape index (κ2) is 6.96. The third-order valence-corrected chi connectivity index (χ3v) is 2.32. The van der Waals surface area contributed by atoms with E-state index in [-0.39, 0.29) is 5.78 Å². The summed E-state index contributed by atoms with van der Waals surface area (Å²) in [7, 11) is 1.63. The molecule has 0 aliphatic carbocycles. The quantitative estimate of drug-likeness (QED) is 0.686. The highest BCUT2D eigenvalue weighted by Crippen LogP contribution is 2.17. The summed E-state index contributed by atoms with van der Waals surface area (Å²) in [5.41, 5.74) is 1.74. The molecular formula is C14H18O2. The summed E-state index contributed by atoms with van der Waals surface area (Å²) in [4.78, 5) is 11.9. The van der Waals surface area contributed by atoms with E-state index in [1.807, 2.05) is 43.3 Å². The number of carbonyl (C=O) groups is 1. The summed E-state index contributed by atoms with van der Waals surface area (Å²) < 4.78 is 4.99. The zero-order chi connectivity index (χ0) is 11.8. The molecule has 2 nitrogen and oxygen atoms in total. The van der Waals surface area contributed by atoms with E-state index in [0.29, 0.717) is 13.0 Å². The molecule has 0 spiro atoms. The van der Waals surface area contributed by atoms with Crippen molar-refractivity contribution in [1.29, 1.82) is 0 Å². The standard InChI is InChI=1S/C14H18O2/c1-3-7-14(15)13(10-11-16-2)12-8-5-4-6-9-12/h4-6,8-10H,3,7,11H2,1-2H3. The molecule has 1 aromatic rings. The minimum atomic E-state index is 0.186. The molecule has 0 N–H and O–H groups in total. The van der Waals surface area contributed by atoms with Gasteiger partial charge in [-0.1, -0.05) is 37.3 Å². The largest absolute Gasteiger partial charge is 0.381 e. The fourth-order valence-corrected chi connectivity index (χ4v) is 1.54. The summed E-state index contributed by atoms with van der Waals surface area (Å²) in [6, 6.07) is 9.73. The normalized spacial score (nSPS) is 11.5. The third-order valence-electron chi connectivity index (χ3n) is 2.32. The first-order chi connectivity index (χ1) is 7.79. The Morgan fingerprint density at radius 1 is 1.31 bits per heavy atom. The van der Waals surface area contributed by atoms with Crippen molar-refractivity contribution < 1.29 is 9.53 Å². The van der Waals surface area contributed by atoms with E-state index in [2.05, 4.69) is 0 Å². The first-order valence-corrected chi connectivity index (χ1v) is 5.57. The van der Waals surface area contributed by atoms with E-state index in [1.165, 1.54) is 0 Å². The van der Waals surface area contributed by atoms with Crippen LogP contribution in [0.15, 0.2) is 36.4 Å². The van der Waals surface area contributed by atoms with E-state index in [9.17, 15) is 4.79 Å². The second-order valence-electron chi connectivity index (χ2n) is 3.61. The van der Waals surface area contributed by atoms with Crippen LogP contribution in [0.3, 0.4) is 0 Å². The van der Waals surface area contributed by atoms with Crippen molar-refractivity contribution >= 4 is 11.4 Å². The van der Waals surface area contributed by atoms with Gasteiger partial charge in [0, 0.05) is 19.1 Å². The Morgan fingerprint density at radius 3 is 2.56 bits per heavy atom. The maximum atomic E-state index is 11.9. The van der Waals surface area contributed by atoms with Crippen LogP contribution in [0.4, 0.5) is 0 Å². The van der Waals surface area contributed by atoms with Crippen molar-refractivity contribution in [3.05, 3.63) is 42.0 Å². The first-order valence-electron chi connectivity index (χ1n) is 5.57. The monoisotopic (exact) mass is 218 g/mol. The van der Waals surface area contributed by atoms with Crippen molar-refractivity contribution in [2.75, 3.05) is 13.7 Å². The van der Waals surface area contributed by atoms with Crippen molar-refractivity contribution in [2.45, 2.75) is 19.8 Å². The predicted octanol–water partition coefficient (Wildman–Crippen LogP) is 3.09. The maximum Gasteiger partial charge on any atom is 0.163 e. The molecule has 0 aliphatic heterocycles. The lowest BCUT2D eigenvalue weighted by atomic mass is 9.99. The third kappa shape index (κ3) is 3.63. The van der Waals surface area contributed by atoms with Gasteiger partial charge in [-0.3, -0.25) is 4.79 Å². The lowest BCUT2D eigenvalue weighted by molar-refractivity contribution is -0.113. The number of hydrogen-bond acceptors (Lipinski definition) is 2. The van der Waals surface area contributed by atoms with Gasteiger partial charge in [-0.2, -0.15) is 0 Å². The van der Waals surface area contributed by atoms with E-state index in [1.54, 1.807) is 7.11 Å². The van der Waals surface area contributed by atoms with Gasteiger partial charge < -0.3 is 4.74 Å². The van der Waals surface area contributed by atoms with Gasteiger partial charge in [0.05, 0.1) is 6.61 Å². The SMILES string of the molecule is CCCC(=O)C(=CCOC)c1ccccc1. The molecule has 0 bridgehead atoms. The summed E-state index contributed by atoms with van der Waals surface area (Å²) >= 11 is 0. The van der Waals surface area contributed by atoms with Crippen LogP contribution >= 0.6 is 0 Å². The number of rotatable bonds is 6. The van der Waals surface area contributed by atoms with E-state index < -0.39 is 0 Å². The van der Waals surface area contributed by atoms with Gasteiger partial charge in [0.1, 0.15) is 0 Å². The molecule has 0 heterocycles. The Kier molecular flexibility index (Phi) is 5.51. The molecule has 0 radical (unpaired) electrons. The maximum absolute atomic E-state index is 11.9. The van der Waals surface area contributed by atoms with Crippen LogP contribution < -0.4 is 0 Å². The number of methoxy groups -OCH3 is 1. The smallest absolute Gasteiger partial charge is 0.163 e. The number of benzene rings is 1. The van der Waals surface area contributed by atoms with E-state index in [4.69, 9.17) is 4.74 Å². The fraction of sp³-hybridized carbons (Fsp3) is 0.357. The second-order valence-corrected chi connectivity index (χ2v) is 3.61. The van der Waals surface area contributed by atoms with Crippen LogP contribution in [-0.4, -0.2) is 19.5 Å². The Balaban J connectivity index is 2.92. The molecule has 0 aromatic heterocycles. The van der Waals surface area contributed by atoms with Gasteiger partial charge in [0.15, 0.2) is 5.78 Å². The summed E-state index contributed by atoms with van der Waals surface area (Å²) in [5, 5.41) is 0. The molecule has 0 saturated carbocycles. The molecule has 86 valence electrons. The van der Waals surface area contributed by atoms with Crippen LogP contribution in [0.5, 0.6) is 0 Å². The number of Topliss-reactive ketones (excluding diaryl/α,β-unsaturated/α-hetero) is 1. The number of carbonyl (C=O) groups excluding carboxylic acids is 1. The Labute approximate surface area is 96.9 Å². The molecule has 0 unspecified atom stereocenters.